The fourth-order valence-corrected chi connectivity index (χ4v) is 4.20. The third-order valence-corrected chi connectivity index (χ3v) is 5.72. The van der Waals surface area contributed by atoms with Crippen molar-refractivity contribution in [3.63, 3.8) is 0 Å². The molecule has 0 spiro atoms. The Bertz CT molecular complexity index is 1190. The van der Waals surface area contributed by atoms with Crippen molar-refractivity contribution in [2.24, 2.45) is 12.0 Å². The third-order valence-electron chi connectivity index (χ3n) is 4.54. The average Bonchev–Trinajstić information content (AvgIpc) is 3.11. The summed E-state index contributed by atoms with van der Waals surface area (Å²) in [4.78, 5) is 22.7. The van der Waals surface area contributed by atoms with Crippen LogP contribution in [0.15, 0.2) is 84.1 Å². The molecule has 1 amide bonds. The van der Waals surface area contributed by atoms with E-state index in [2.05, 4.69) is 22.1 Å². The molecule has 5 nitrogen and oxygen atoms in total. The standard InChI is InChI=1S/C23H19N3O2S/c1-26-20(16-10-12-19(28-2)13-11-16)21(17-7-4-3-5-8-17)29-23(26)25-22(27)18-9-6-14-24-15-18/h3-15H,1-2H3. The summed E-state index contributed by atoms with van der Waals surface area (Å²) >= 11 is 1.49. The molecule has 0 radical (unpaired) electrons. The zero-order valence-electron chi connectivity index (χ0n) is 16.1. The topological polar surface area (TPSA) is 56.5 Å². The summed E-state index contributed by atoms with van der Waals surface area (Å²) in [7, 11) is 3.58. The molecule has 29 heavy (non-hydrogen) atoms. The first-order valence-electron chi connectivity index (χ1n) is 9.06. The molecule has 0 aliphatic carbocycles. The predicted octanol–water partition coefficient (Wildman–Crippen LogP) is 4.57. The van der Waals surface area contributed by atoms with Crippen molar-refractivity contribution in [2.75, 3.05) is 7.11 Å². The molecule has 2 aromatic carbocycles. The molecule has 0 fully saturated rings. The van der Waals surface area contributed by atoms with Crippen molar-refractivity contribution in [3.8, 4) is 27.4 Å². The number of aromatic nitrogens is 2. The molecule has 144 valence electrons. The van der Waals surface area contributed by atoms with E-state index in [1.807, 2.05) is 54.1 Å². The van der Waals surface area contributed by atoms with Crippen LogP contribution in [0.1, 0.15) is 10.4 Å². The molecule has 0 saturated heterocycles. The van der Waals surface area contributed by atoms with E-state index in [1.54, 1.807) is 25.4 Å². The van der Waals surface area contributed by atoms with Gasteiger partial charge in [-0.05, 0) is 47.5 Å². The SMILES string of the molecule is COc1ccc(-c2c(-c3ccccc3)sc(=NC(=O)c3cccnc3)n2C)cc1. The molecule has 0 N–H and O–H groups in total. The first kappa shape index (κ1) is 18.8. The van der Waals surface area contributed by atoms with Crippen LogP contribution in [0.4, 0.5) is 0 Å². The zero-order valence-corrected chi connectivity index (χ0v) is 16.9. The van der Waals surface area contributed by atoms with Gasteiger partial charge in [-0.25, -0.2) is 0 Å². The highest BCUT2D eigenvalue weighted by Crippen LogP contribution is 2.34. The van der Waals surface area contributed by atoms with Crippen LogP contribution < -0.4 is 9.54 Å². The van der Waals surface area contributed by atoms with Crippen molar-refractivity contribution < 1.29 is 9.53 Å². The molecule has 0 unspecified atom stereocenters. The monoisotopic (exact) mass is 401 g/mol. The van der Waals surface area contributed by atoms with Gasteiger partial charge in [0.25, 0.3) is 5.91 Å². The van der Waals surface area contributed by atoms with E-state index in [0.29, 0.717) is 10.4 Å². The van der Waals surface area contributed by atoms with Gasteiger partial charge >= 0.3 is 0 Å². The number of carbonyl (C=O) groups is 1. The number of rotatable bonds is 4. The number of hydrogen-bond donors (Lipinski definition) is 0. The van der Waals surface area contributed by atoms with E-state index in [-0.39, 0.29) is 5.91 Å². The minimum Gasteiger partial charge on any atom is -0.497 e. The van der Waals surface area contributed by atoms with Gasteiger partial charge < -0.3 is 9.30 Å². The van der Waals surface area contributed by atoms with E-state index in [9.17, 15) is 4.79 Å². The highest BCUT2D eigenvalue weighted by atomic mass is 32.1. The van der Waals surface area contributed by atoms with Gasteiger partial charge in [0.05, 0.1) is 23.2 Å². The van der Waals surface area contributed by atoms with E-state index < -0.39 is 0 Å². The van der Waals surface area contributed by atoms with Crippen LogP contribution in [-0.2, 0) is 7.05 Å². The minimum absolute atomic E-state index is 0.309. The number of carbonyl (C=O) groups excluding carboxylic acids is 1. The summed E-state index contributed by atoms with van der Waals surface area (Å²) in [5.41, 5.74) is 3.57. The van der Waals surface area contributed by atoms with Gasteiger partial charge in [-0.1, -0.05) is 41.7 Å². The van der Waals surface area contributed by atoms with Gasteiger partial charge in [0, 0.05) is 19.4 Å². The number of ether oxygens (including phenoxy) is 1. The van der Waals surface area contributed by atoms with Crippen LogP contribution in [0.3, 0.4) is 0 Å². The lowest BCUT2D eigenvalue weighted by molar-refractivity contribution is 0.0997. The molecule has 0 bridgehead atoms. The van der Waals surface area contributed by atoms with Gasteiger partial charge in [-0.2, -0.15) is 4.99 Å². The first-order chi connectivity index (χ1) is 14.2. The van der Waals surface area contributed by atoms with Gasteiger partial charge in [-0.15, -0.1) is 0 Å². The largest absolute Gasteiger partial charge is 0.497 e. The van der Waals surface area contributed by atoms with Crippen molar-refractivity contribution in [3.05, 3.63) is 89.5 Å². The summed E-state index contributed by atoms with van der Waals surface area (Å²) in [5.74, 6) is 0.486. The fraction of sp³-hybridized carbons (Fsp3) is 0.0870. The Morgan fingerprint density at radius 1 is 1.00 bits per heavy atom. The van der Waals surface area contributed by atoms with Crippen molar-refractivity contribution >= 4 is 17.2 Å². The quantitative estimate of drug-likeness (QED) is 0.503. The maximum Gasteiger partial charge on any atom is 0.281 e. The average molecular weight is 401 g/mol. The van der Waals surface area contributed by atoms with Gasteiger partial charge in [0.1, 0.15) is 5.75 Å². The normalized spacial score (nSPS) is 11.4. The number of pyridine rings is 1. The number of hydrogen-bond acceptors (Lipinski definition) is 4. The third kappa shape index (κ3) is 3.88. The lowest BCUT2D eigenvalue weighted by atomic mass is 10.1. The van der Waals surface area contributed by atoms with E-state index in [4.69, 9.17) is 4.74 Å². The Morgan fingerprint density at radius 2 is 1.76 bits per heavy atom. The second kappa shape index (κ2) is 8.24. The second-order valence-corrected chi connectivity index (χ2v) is 7.35. The number of nitrogens with zero attached hydrogens (tertiary/aromatic N) is 3. The Labute approximate surface area is 172 Å². The van der Waals surface area contributed by atoms with Gasteiger partial charge in [0.2, 0.25) is 0 Å². The van der Waals surface area contributed by atoms with Crippen LogP contribution in [0, 0.1) is 0 Å². The van der Waals surface area contributed by atoms with E-state index in [0.717, 1.165) is 27.4 Å². The van der Waals surface area contributed by atoms with Gasteiger partial charge in [0.15, 0.2) is 4.80 Å². The van der Waals surface area contributed by atoms with Crippen LogP contribution in [-0.4, -0.2) is 22.6 Å². The van der Waals surface area contributed by atoms with E-state index in [1.165, 1.54) is 17.5 Å². The zero-order chi connectivity index (χ0) is 20.2. The molecule has 0 atom stereocenters. The van der Waals surface area contributed by atoms with Crippen LogP contribution in [0.2, 0.25) is 0 Å². The molecule has 6 heteroatoms. The summed E-state index contributed by atoms with van der Waals surface area (Å²) in [6, 6.07) is 21.5. The summed E-state index contributed by atoms with van der Waals surface area (Å²) < 4.78 is 7.25. The van der Waals surface area contributed by atoms with Crippen molar-refractivity contribution in [1.82, 2.24) is 9.55 Å². The molecule has 4 aromatic rings. The molecule has 0 saturated carbocycles. The highest BCUT2D eigenvalue weighted by molar-refractivity contribution is 7.13. The highest BCUT2D eigenvalue weighted by Gasteiger charge is 2.16. The van der Waals surface area contributed by atoms with Crippen LogP contribution >= 0.6 is 11.3 Å². The molecule has 0 aliphatic heterocycles. The Hall–Kier alpha value is -3.51. The summed E-state index contributed by atoms with van der Waals surface area (Å²) in [5, 5.41) is 0. The van der Waals surface area contributed by atoms with E-state index >= 15 is 0 Å². The predicted molar refractivity (Wildman–Crippen MR) is 115 cm³/mol. The second-order valence-electron chi connectivity index (χ2n) is 6.37. The lowest BCUT2D eigenvalue weighted by Crippen LogP contribution is -2.14. The Kier molecular flexibility index (Phi) is 5.35. The van der Waals surface area contributed by atoms with Crippen molar-refractivity contribution in [2.45, 2.75) is 0 Å². The fourth-order valence-electron chi connectivity index (χ4n) is 3.05. The smallest absolute Gasteiger partial charge is 0.281 e. The maximum atomic E-state index is 12.6. The minimum atomic E-state index is -0.309. The van der Waals surface area contributed by atoms with Gasteiger partial charge in [-0.3, -0.25) is 9.78 Å². The summed E-state index contributed by atoms with van der Waals surface area (Å²) in [6.07, 6.45) is 3.17. The lowest BCUT2D eigenvalue weighted by Gasteiger charge is -2.08. The summed E-state index contributed by atoms with van der Waals surface area (Å²) in [6.45, 7) is 0. The molecular formula is C23H19N3O2S. The number of thiazole rings is 1. The molecular weight excluding hydrogens is 382 g/mol. The molecule has 4 rings (SSSR count). The Morgan fingerprint density at radius 3 is 2.41 bits per heavy atom. The number of amides is 1. The Balaban J connectivity index is 1.89. The first-order valence-corrected chi connectivity index (χ1v) is 9.88. The van der Waals surface area contributed by atoms with Crippen LogP contribution in [0.5, 0.6) is 5.75 Å². The molecule has 0 aliphatic rings. The molecule has 2 heterocycles. The van der Waals surface area contributed by atoms with Crippen LogP contribution in [0.25, 0.3) is 21.7 Å². The maximum absolute atomic E-state index is 12.6. The van der Waals surface area contributed by atoms with Crippen molar-refractivity contribution in [1.29, 1.82) is 0 Å². The molecule has 2 aromatic heterocycles. The number of methoxy groups -OCH3 is 1. The number of benzene rings is 2.